The third-order valence-corrected chi connectivity index (χ3v) is 8.20. The van der Waals surface area contributed by atoms with Crippen LogP contribution in [0.15, 0.2) is 48.5 Å². The number of likely N-dealkylation sites (N-methyl/N-ethyl adjacent to an activating group) is 2. The van der Waals surface area contributed by atoms with Crippen molar-refractivity contribution in [1.82, 2.24) is 20.4 Å². The summed E-state index contributed by atoms with van der Waals surface area (Å²) in [6.45, 7) is 13.6. The van der Waals surface area contributed by atoms with Gasteiger partial charge >= 0.3 is 0 Å². The minimum Gasteiger partial charge on any atom is -0.309 e. The zero-order chi connectivity index (χ0) is 23.3. The van der Waals surface area contributed by atoms with Crippen LogP contribution in [0.25, 0.3) is 21.5 Å². The number of fused-ring (bicyclic) bond motifs is 2. The summed E-state index contributed by atoms with van der Waals surface area (Å²) in [7, 11) is 0. The smallest absolute Gasteiger partial charge is 0.0220 e. The Morgan fingerprint density at radius 3 is 1.38 bits per heavy atom. The van der Waals surface area contributed by atoms with Crippen LogP contribution in [0.4, 0.5) is 0 Å². The molecule has 2 aliphatic rings. The molecule has 0 amide bonds. The van der Waals surface area contributed by atoms with Gasteiger partial charge < -0.3 is 20.4 Å². The van der Waals surface area contributed by atoms with Gasteiger partial charge in [-0.05, 0) is 84.5 Å². The minimum absolute atomic E-state index is 0.584. The van der Waals surface area contributed by atoms with Crippen molar-refractivity contribution >= 4 is 21.5 Å². The number of likely N-dealkylation sites (tertiary alicyclic amines) is 2. The first kappa shape index (κ1) is 23.7. The predicted octanol–water partition coefficient (Wildman–Crippen LogP) is 5.14. The highest BCUT2D eigenvalue weighted by atomic mass is 15.2. The molecule has 2 heterocycles. The zero-order valence-corrected chi connectivity index (χ0v) is 21.2. The molecule has 0 spiro atoms. The van der Waals surface area contributed by atoms with Crippen molar-refractivity contribution in [3.63, 3.8) is 0 Å². The number of hydrogen-bond acceptors (Lipinski definition) is 4. The molecule has 2 aliphatic heterocycles. The quantitative estimate of drug-likeness (QED) is 0.458. The maximum atomic E-state index is 3.94. The van der Waals surface area contributed by atoms with Crippen molar-refractivity contribution < 1.29 is 0 Å². The van der Waals surface area contributed by atoms with E-state index in [2.05, 4.69) is 82.8 Å². The Labute approximate surface area is 205 Å². The normalized spacial score (nSPS) is 22.5. The molecule has 2 fully saturated rings. The van der Waals surface area contributed by atoms with Crippen molar-refractivity contribution in [3.8, 4) is 0 Å². The molecular weight excluding hydrogens is 416 g/mol. The molecule has 2 unspecified atom stereocenters. The van der Waals surface area contributed by atoms with Crippen LogP contribution in [-0.4, -0.2) is 61.2 Å². The fourth-order valence-corrected chi connectivity index (χ4v) is 6.20. The van der Waals surface area contributed by atoms with Gasteiger partial charge in [-0.3, -0.25) is 0 Å². The SMILES string of the molecule is CCN1CCCC(NCc2c3ccccc3c(CNC3CCCN(CC)C3)c3ccccc23)C1. The lowest BCUT2D eigenvalue weighted by Gasteiger charge is -2.33. The Morgan fingerprint density at radius 2 is 1.03 bits per heavy atom. The lowest BCUT2D eigenvalue weighted by molar-refractivity contribution is 0.198. The van der Waals surface area contributed by atoms with E-state index in [-0.39, 0.29) is 0 Å². The molecule has 0 saturated carbocycles. The number of benzene rings is 3. The summed E-state index contributed by atoms with van der Waals surface area (Å²) in [4.78, 5) is 5.16. The zero-order valence-electron chi connectivity index (χ0n) is 21.2. The highest BCUT2D eigenvalue weighted by Crippen LogP contribution is 2.33. The first-order valence-corrected chi connectivity index (χ1v) is 13.6. The second-order valence-electron chi connectivity index (χ2n) is 10.3. The first-order chi connectivity index (χ1) is 16.8. The second kappa shape index (κ2) is 11.2. The van der Waals surface area contributed by atoms with Gasteiger partial charge in [-0.15, -0.1) is 0 Å². The highest BCUT2D eigenvalue weighted by Gasteiger charge is 2.21. The van der Waals surface area contributed by atoms with Gasteiger partial charge in [0, 0.05) is 38.3 Å². The number of rotatable bonds is 8. The molecule has 3 aromatic rings. The fourth-order valence-electron chi connectivity index (χ4n) is 6.20. The van der Waals surface area contributed by atoms with E-state index in [1.807, 2.05) is 0 Å². The molecule has 4 nitrogen and oxygen atoms in total. The van der Waals surface area contributed by atoms with Crippen LogP contribution in [0.1, 0.15) is 50.7 Å². The largest absolute Gasteiger partial charge is 0.309 e. The third kappa shape index (κ3) is 5.16. The Kier molecular flexibility index (Phi) is 7.80. The molecular formula is C30H42N4. The lowest BCUT2D eigenvalue weighted by atomic mass is 9.91. The number of nitrogens with zero attached hydrogens (tertiary/aromatic N) is 2. The maximum Gasteiger partial charge on any atom is 0.0220 e. The highest BCUT2D eigenvalue weighted by molar-refractivity contribution is 6.05. The monoisotopic (exact) mass is 458 g/mol. The van der Waals surface area contributed by atoms with Crippen LogP contribution >= 0.6 is 0 Å². The van der Waals surface area contributed by atoms with Gasteiger partial charge in [-0.1, -0.05) is 62.4 Å². The van der Waals surface area contributed by atoms with E-state index in [1.54, 1.807) is 0 Å². The average Bonchev–Trinajstić information content (AvgIpc) is 2.90. The predicted molar refractivity (Wildman–Crippen MR) is 145 cm³/mol. The molecule has 182 valence electrons. The van der Waals surface area contributed by atoms with Crippen molar-refractivity contribution in [3.05, 3.63) is 59.7 Å². The van der Waals surface area contributed by atoms with Crippen LogP contribution in [0.2, 0.25) is 0 Å². The van der Waals surface area contributed by atoms with Crippen LogP contribution < -0.4 is 10.6 Å². The molecule has 5 rings (SSSR count). The summed E-state index contributed by atoms with van der Waals surface area (Å²) in [5.74, 6) is 0. The van der Waals surface area contributed by atoms with Gasteiger partial charge in [0.25, 0.3) is 0 Å². The maximum absolute atomic E-state index is 3.94. The molecule has 2 atom stereocenters. The van der Waals surface area contributed by atoms with Gasteiger partial charge in [0.1, 0.15) is 0 Å². The topological polar surface area (TPSA) is 30.5 Å². The Bertz CT molecular complexity index is 951. The van der Waals surface area contributed by atoms with E-state index in [1.165, 1.54) is 84.5 Å². The summed E-state index contributed by atoms with van der Waals surface area (Å²) >= 11 is 0. The number of hydrogen-bond donors (Lipinski definition) is 2. The third-order valence-electron chi connectivity index (χ3n) is 8.20. The van der Waals surface area contributed by atoms with E-state index in [0.717, 1.165) is 26.2 Å². The molecule has 2 N–H and O–H groups in total. The van der Waals surface area contributed by atoms with E-state index < -0.39 is 0 Å². The van der Waals surface area contributed by atoms with Gasteiger partial charge in [-0.2, -0.15) is 0 Å². The number of nitrogens with one attached hydrogen (secondary N) is 2. The molecule has 0 aromatic heterocycles. The van der Waals surface area contributed by atoms with E-state index in [4.69, 9.17) is 0 Å². The summed E-state index contributed by atoms with van der Waals surface area (Å²) in [5, 5.41) is 13.5. The molecule has 2 saturated heterocycles. The van der Waals surface area contributed by atoms with Gasteiger partial charge in [-0.25, -0.2) is 0 Å². The van der Waals surface area contributed by atoms with Gasteiger partial charge in [0.05, 0.1) is 0 Å². The van der Waals surface area contributed by atoms with Crippen LogP contribution in [0, 0.1) is 0 Å². The first-order valence-electron chi connectivity index (χ1n) is 13.6. The van der Waals surface area contributed by atoms with E-state index in [0.29, 0.717) is 12.1 Å². The molecule has 0 radical (unpaired) electrons. The summed E-state index contributed by atoms with van der Waals surface area (Å²) in [6, 6.07) is 19.3. The van der Waals surface area contributed by atoms with Gasteiger partial charge in [0.15, 0.2) is 0 Å². The Morgan fingerprint density at radius 1 is 0.647 bits per heavy atom. The van der Waals surface area contributed by atoms with Crippen molar-refractivity contribution in [1.29, 1.82) is 0 Å². The van der Waals surface area contributed by atoms with Crippen molar-refractivity contribution in [2.45, 2.75) is 64.7 Å². The van der Waals surface area contributed by atoms with E-state index >= 15 is 0 Å². The van der Waals surface area contributed by atoms with Crippen molar-refractivity contribution in [2.24, 2.45) is 0 Å². The summed E-state index contributed by atoms with van der Waals surface area (Å²) in [5.41, 5.74) is 2.91. The van der Waals surface area contributed by atoms with E-state index in [9.17, 15) is 0 Å². The second-order valence-corrected chi connectivity index (χ2v) is 10.3. The molecule has 3 aromatic carbocycles. The molecule has 34 heavy (non-hydrogen) atoms. The molecule has 0 aliphatic carbocycles. The Hall–Kier alpha value is -1.98. The standard InChI is InChI=1S/C30H42N4/c1-3-33-17-9-11-23(21-33)31-19-29-25-13-5-7-15-27(25)30(28-16-8-6-14-26(28)29)20-32-24-12-10-18-34(4-2)22-24/h5-8,13-16,23-24,31-32H,3-4,9-12,17-22H2,1-2H3. The van der Waals surface area contributed by atoms with Gasteiger partial charge in [0.2, 0.25) is 0 Å². The van der Waals surface area contributed by atoms with Crippen LogP contribution in [0.5, 0.6) is 0 Å². The fraction of sp³-hybridized carbons (Fsp3) is 0.533. The Balaban J connectivity index is 1.43. The summed E-state index contributed by atoms with van der Waals surface area (Å²) in [6.07, 6.45) is 5.16. The minimum atomic E-state index is 0.584. The number of piperidine rings is 2. The molecule has 0 bridgehead atoms. The van der Waals surface area contributed by atoms with Crippen LogP contribution in [0.3, 0.4) is 0 Å². The lowest BCUT2D eigenvalue weighted by Crippen LogP contribution is -2.45. The van der Waals surface area contributed by atoms with Crippen LogP contribution in [-0.2, 0) is 13.1 Å². The van der Waals surface area contributed by atoms with Crippen molar-refractivity contribution in [2.75, 3.05) is 39.3 Å². The average molecular weight is 459 g/mol. The summed E-state index contributed by atoms with van der Waals surface area (Å²) < 4.78 is 0. The molecule has 4 heteroatoms.